The summed E-state index contributed by atoms with van der Waals surface area (Å²) in [7, 11) is 0. The van der Waals surface area contributed by atoms with Gasteiger partial charge in [0.05, 0.1) is 33.0 Å². The van der Waals surface area contributed by atoms with Crippen LogP contribution in [0.25, 0.3) is 0 Å². The molecule has 0 aliphatic rings. The molecule has 0 heterocycles. The maximum absolute atomic E-state index is 11.2. The number of unbranched alkanes of at least 4 members (excludes halogenated alkanes) is 85. The van der Waals surface area contributed by atoms with Gasteiger partial charge in [-0.05, 0) is 66.7 Å². The van der Waals surface area contributed by atoms with E-state index in [4.69, 9.17) is 23.7 Å². The molecule has 0 aromatic heterocycles. The van der Waals surface area contributed by atoms with Crippen LogP contribution in [0.15, 0.2) is 60.8 Å². The summed E-state index contributed by atoms with van der Waals surface area (Å²) in [5.74, 6) is -1.26. The predicted octanol–water partition coefficient (Wildman–Crippen LogP) is 40.7. The van der Waals surface area contributed by atoms with Crippen molar-refractivity contribution >= 4 is 29.8 Å². The molecule has 770 valence electrons. The molecule has 0 aliphatic heterocycles. The predicted molar refractivity (Wildman–Crippen MR) is 573 cm³/mol. The van der Waals surface area contributed by atoms with Crippen molar-refractivity contribution in [3.05, 3.63) is 60.8 Å². The molecule has 0 rings (SSSR count). The zero-order chi connectivity index (χ0) is 96.5. The lowest BCUT2D eigenvalue weighted by Crippen LogP contribution is -2.05. The van der Waals surface area contributed by atoms with E-state index in [0.29, 0.717) is 60.9 Å². The summed E-state index contributed by atoms with van der Waals surface area (Å²) in [6, 6.07) is 0. The molecule has 0 aromatic rings. The maximum Gasteiger partial charge on any atom is 0.333 e. The van der Waals surface area contributed by atoms with Crippen LogP contribution in [-0.2, 0) is 47.7 Å². The first-order chi connectivity index (χ1) is 63.4. The molecule has 0 aliphatic carbocycles. The Morgan fingerprint density at radius 3 is 0.246 bits per heavy atom. The third-order valence-corrected chi connectivity index (χ3v) is 25.4. The maximum atomic E-state index is 11.2. The molecule has 0 saturated carbocycles. The van der Waals surface area contributed by atoms with Gasteiger partial charge in [0.2, 0.25) is 0 Å². The molecule has 130 heavy (non-hydrogen) atoms. The van der Waals surface area contributed by atoms with Crippen LogP contribution in [0, 0.1) is 0 Å². The van der Waals surface area contributed by atoms with Gasteiger partial charge in [0.15, 0.2) is 0 Å². The van der Waals surface area contributed by atoms with Crippen LogP contribution in [-0.4, -0.2) is 62.9 Å². The second-order valence-corrected chi connectivity index (χ2v) is 39.6. The second-order valence-electron chi connectivity index (χ2n) is 39.6. The van der Waals surface area contributed by atoms with E-state index in [9.17, 15) is 24.0 Å². The van der Waals surface area contributed by atoms with Gasteiger partial charge in [-0.25, -0.2) is 24.0 Å². The lowest BCUT2D eigenvalue weighted by molar-refractivity contribution is -0.139. The fraction of sp³-hybridized carbons (Fsp3) is 0.875. The van der Waals surface area contributed by atoms with Crippen molar-refractivity contribution in [2.75, 3.05) is 33.0 Å². The average molecular weight is 1830 g/mol. The summed E-state index contributed by atoms with van der Waals surface area (Å²) in [6.07, 6.45) is 123. The summed E-state index contributed by atoms with van der Waals surface area (Å²) >= 11 is 0. The minimum Gasteiger partial charge on any atom is -0.462 e. The highest BCUT2D eigenvalue weighted by molar-refractivity contribution is 5.88. The Morgan fingerprint density at radius 1 is 0.123 bits per heavy atom. The Morgan fingerprint density at radius 2 is 0.185 bits per heavy atom. The Kier molecular flexibility index (Phi) is 125. The zero-order valence-electron chi connectivity index (χ0n) is 89.8. The highest BCUT2D eigenvalue weighted by Gasteiger charge is 2.09. The first kappa shape index (κ1) is 135. The molecule has 0 N–H and O–H groups in total. The molecule has 0 bridgehead atoms. The second kappa shape index (κ2) is 121. The van der Waals surface area contributed by atoms with Crippen molar-refractivity contribution in [1.82, 2.24) is 0 Å². The molecule has 0 saturated heterocycles. The molecule has 0 atom stereocenters. The SMILES string of the molecule is C=C(C)C(=O)OCCCCCCCCCCCCCCCCCC.C=C(C)C(=O)OCCCCCCCCCCCCCCCCCCC.C=C(C)C(=O)OCCCCCCCCCCCCCCCCCCCC.C=C(C)C(=O)OCCCCCCCCCCCCCCCCCCCCC.C=C(C)C(=O)OCCCCCCCCCCCCCCCCCCCCCC. The van der Waals surface area contributed by atoms with E-state index in [-0.39, 0.29) is 29.8 Å². The molecule has 0 fully saturated rings. The number of hydrogen-bond acceptors (Lipinski definition) is 10. The summed E-state index contributed by atoms with van der Waals surface area (Å²) in [6.45, 7) is 40.5. The lowest BCUT2D eigenvalue weighted by atomic mass is 10.0. The molecule has 0 spiro atoms. The molecule has 0 unspecified atom stereocenters. The first-order valence-corrected chi connectivity index (χ1v) is 57.5. The third-order valence-electron chi connectivity index (χ3n) is 25.4. The van der Waals surface area contributed by atoms with Crippen molar-refractivity contribution in [3.8, 4) is 0 Å². The molecule has 0 radical (unpaired) electrons. The van der Waals surface area contributed by atoms with Crippen LogP contribution in [0.5, 0.6) is 0 Å². The quantitative estimate of drug-likeness (QED) is 0.0251. The van der Waals surface area contributed by atoms with Crippen molar-refractivity contribution < 1.29 is 47.7 Å². The topological polar surface area (TPSA) is 132 Å². The number of carbonyl (C=O) groups excluding carboxylic acids is 5. The first-order valence-electron chi connectivity index (χ1n) is 57.5. The van der Waals surface area contributed by atoms with Gasteiger partial charge in [-0.1, -0.05) is 613 Å². The molecular formula is C120H230O10. The van der Waals surface area contributed by atoms with E-state index in [1.807, 2.05) is 0 Å². The van der Waals surface area contributed by atoms with E-state index in [1.165, 1.54) is 546 Å². The monoisotopic (exact) mass is 1830 g/mol. The van der Waals surface area contributed by atoms with E-state index >= 15 is 0 Å². The minimum atomic E-state index is -0.254. The average Bonchev–Trinajstić information content (AvgIpc) is 1.03. The Labute approximate surface area is 813 Å². The van der Waals surface area contributed by atoms with E-state index in [1.54, 1.807) is 34.6 Å². The number of hydrogen-bond donors (Lipinski definition) is 0. The van der Waals surface area contributed by atoms with Crippen LogP contribution in [0.1, 0.15) is 647 Å². The Bertz CT molecular complexity index is 2350. The Hall–Kier alpha value is -3.95. The highest BCUT2D eigenvalue weighted by atomic mass is 16.5. The van der Waals surface area contributed by atoms with Gasteiger partial charge in [-0.15, -0.1) is 0 Å². The van der Waals surface area contributed by atoms with Gasteiger partial charge in [0.25, 0.3) is 0 Å². The molecule has 0 amide bonds. The van der Waals surface area contributed by atoms with Gasteiger partial charge >= 0.3 is 29.8 Å². The van der Waals surface area contributed by atoms with Gasteiger partial charge in [-0.2, -0.15) is 0 Å². The molecule has 0 aromatic carbocycles. The van der Waals surface area contributed by atoms with Crippen LogP contribution in [0.4, 0.5) is 0 Å². The van der Waals surface area contributed by atoms with Crippen molar-refractivity contribution in [2.24, 2.45) is 0 Å². The largest absolute Gasteiger partial charge is 0.462 e. The van der Waals surface area contributed by atoms with Gasteiger partial charge in [-0.3, -0.25) is 0 Å². The summed E-state index contributed by atoms with van der Waals surface area (Å²) < 4.78 is 25.5. The van der Waals surface area contributed by atoms with Crippen molar-refractivity contribution in [1.29, 1.82) is 0 Å². The fourth-order valence-corrected chi connectivity index (χ4v) is 16.5. The normalized spacial score (nSPS) is 10.8. The summed E-state index contributed by atoms with van der Waals surface area (Å²) in [5, 5.41) is 0. The van der Waals surface area contributed by atoms with Gasteiger partial charge in [0, 0.05) is 27.9 Å². The zero-order valence-corrected chi connectivity index (χ0v) is 89.8. The Balaban J connectivity index is -0.000000501. The molecule has 10 heteroatoms. The lowest BCUT2D eigenvalue weighted by Gasteiger charge is -2.05. The third kappa shape index (κ3) is 128. The van der Waals surface area contributed by atoms with Crippen LogP contribution < -0.4 is 0 Å². The number of ether oxygens (including phenoxy) is 5. The number of rotatable bonds is 100. The van der Waals surface area contributed by atoms with Crippen LogP contribution >= 0.6 is 0 Å². The van der Waals surface area contributed by atoms with Crippen LogP contribution in [0.2, 0.25) is 0 Å². The van der Waals surface area contributed by atoms with Gasteiger partial charge in [0.1, 0.15) is 0 Å². The molecular weight excluding hydrogens is 1600 g/mol. The minimum absolute atomic E-state index is 0.252. The highest BCUT2D eigenvalue weighted by Crippen LogP contribution is 2.22. The summed E-state index contributed by atoms with van der Waals surface area (Å²) in [4.78, 5) is 56.0. The van der Waals surface area contributed by atoms with E-state index in [2.05, 4.69) is 67.5 Å². The smallest absolute Gasteiger partial charge is 0.333 e. The number of carbonyl (C=O) groups is 5. The number of esters is 5. The fourth-order valence-electron chi connectivity index (χ4n) is 16.5. The van der Waals surface area contributed by atoms with Crippen LogP contribution in [0.3, 0.4) is 0 Å². The van der Waals surface area contributed by atoms with E-state index in [0.717, 1.165) is 32.1 Å². The standard InChI is InChI=1S/C26H50O2.C25H48O2.C24H46O2.C23H44O2.C22H42O2/c1-4-5-6-7-8-9-10-11-12-13-14-15-16-17-18-19-20-21-22-23-24-28-26(27)25(2)3;1-4-5-6-7-8-9-10-11-12-13-14-15-16-17-18-19-20-21-22-23-27-25(26)24(2)3;1-4-5-6-7-8-9-10-11-12-13-14-15-16-17-18-19-20-21-22-26-24(25)23(2)3;1-4-5-6-7-8-9-10-11-12-13-14-15-16-17-18-19-20-21-25-23(24)22(2)3;1-4-5-6-7-8-9-10-11-12-13-14-15-16-17-18-19-20-24-22(23)21(2)3/h2,4-24H2,1,3H3;2,4-23H2,1,3H3;2,4-22H2,1,3H3;2,4-21H2,1,3H3;2,4-20H2,1,3H3. The van der Waals surface area contributed by atoms with Gasteiger partial charge < -0.3 is 23.7 Å². The van der Waals surface area contributed by atoms with E-state index < -0.39 is 0 Å². The summed E-state index contributed by atoms with van der Waals surface area (Å²) in [5.41, 5.74) is 2.46. The van der Waals surface area contributed by atoms with Crippen molar-refractivity contribution in [3.63, 3.8) is 0 Å². The van der Waals surface area contributed by atoms with Crippen molar-refractivity contribution in [2.45, 2.75) is 647 Å². The molecule has 10 nitrogen and oxygen atoms in total.